The van der Waals surface area contributed by atoms with Crippen LogP contribution in [0, 0.1) is 11.8 Å². The third-order valence-corrected chi connectivity index (χ3v) is 8.20. The molecule has 34 heavy (non-hydrogen) atoms. The van der Waals surface area contributed by atoms with Gasteiger partial charge in [0.05, 0.1) is 16.5 Å². The van der Waals surface area contributed by atoms with Crippen LogP contribution in [-0.2, 0) is 28.0 Å². The van der Waals surface area contributed by atoms with Crippen molar-refractivity contribution in [1.29, 1.82) is 0 Å². The SMILES string of the molecule is CC1CCC(c2ccccc2)(C2CCC(C)(c3cc(C(F)(F)F)cc(C(F)(F)F)c3)C2=O)CC1. The monoisotopic (exact) mass is 482 g/mol. The van der Waals surface area contributed by atoms with Crippen LogP contribution in [0.2, 0.25) is 0 Å². The third kappa shape index (κ3) is 4.27. The Morgan fingerprint density at radius 1 is 0.765 bits per heavy atom. The van der Waals surface area contributed by atoms with E-state index in [1.807, 2.05) is 30.3 Å². The van der Waals surface area contributed by atoms with Gasteiger partial charge in [0.1, 0.15) is 5.78 Å². The van der Waals surface area contributed by atoms with Crippen LogP contribution >= 0.6 is 0 Å². The summed E-state index contributed by atoms with van der Waals surface area (Å²) in [6, 6.07) is 11.3. The normalized spacial score (nSPS) is 30.5. The molecule has 1 nitrogen and oxygen atoms in total. The number of rotatable bonds is 3. The molecule has 0 heterocycles. The molecule has 2 aromatic rings. The lowest BCUT2D eigenvalue weighted by atomic mass is 9.59. The van der Waals surface area contributed by atoms with E-state index in [-0.39, 0.29) is 23.8 Å². The van der Waals surface area contributed by atoms with Crippen LogP contribution in [0.25, 0.3) is 0 Å². The number of ketones is 1. The van der Waals surface area contributed by atoms with E-state index in [1.165, 1.54) is 6.92 Å². The summed E-state index contributed by atoms with van der Waals surface area (Å²) in [7, 11) is 0. The van der Waals surface area contributed by atoms with Gasteiger partial charge in [0, 0.05) is 11.3 Å². The van der Waals surface area contributed by atoms with Crippen LogP contribution < -0.4 is 0 Å². The number of benzene rings is 2. The van der Waals surface area contributed by atoms with Gasteiger partial charge in [-0.1, -0.05) is 37.3 Å². The van der Waals surface area contributed by atoms with Gasteiger partial charge in [-0.25, -0.2) is 0 Å². The lowest BCUT2D eigenvalue weighted by Crippen LogP contribution is -2.44. The summed E-state index contributed by atoms with van der Waals surface area (Å²) < 4.78 is 80.9. The van der Waals surface area contributed by atoms with E-state index in [2.05, 4.69) is 6.92 Å². The number of alkyl halides is 6. The van der Waals surface area contributed by atoms with Crippen molar-refractivity contribution in [3.63, 3.8) is 0 Å². The van der Waals surface area contributed by atoms with E-state index < -0.39 is 40.2 Å². The Kier molecular flexibility index (Phi) is 6.14. The zero-order valence-corrected chi connectivity index (χ0v) is 19.2. The summed E-state index contributed by atoms with van der Waals surface area (Å²) in [5.74, 6) is -0.188. The van der Waals surface area contributed by atoms with Gasteiger partial charge in [0.15, 0.2) is 0 Å². The number of carbonyl (C=O) groups is 1. The topological polar surface area (TPSA) is 17.1 Å². The average Bonchev–Trinajstić information content (AvgIpc) is 3.10. The molecule has 0 amide bonds. The quantitative estimate of drug-likeness (QED) is 0.404. The lowest BCUT2D eigenvalue weighted by Gasteiger charge is -2.44. The molecule has 0 aromatic heterocycles. The molecule has 2 unspecified atom stereocenters. The Bertz CT molecular complexity index is 1010. The maximum atomic E-state index is 13.9. The molecule has 2 fully saturated rings. The highest BCUT2D eigenvalue weighted by atomic mass is 19.4. The molecule has 0 aliphatic heterocycles. The molecule has 4 rings (SSSR count). The minimum Gasteiger partial charge on any atom is -0.298 e. The first-order valence-electron chi connectivity index (χ1n) is 11.7. The highest BCUT2D eigenvalue weighted by Crippen LogP contribution is 2.55. The van der Waals surface area contributed by atoms with Crippen molar-refractivity contribution in [2.24, 2.45) is 11.8 Å². The van der Waals surface area contributed by atoms with E-state index in [4.69, 9.17) is 0 Å². The molecule has 2 aliphatic rings. The van der Waals surface area contributed by atoms with Crippen molar-refractivity contribution in [1.82, 2.24) is 0 Å². The predicted molar refractivity (Wildman–Crippen MR) is 117 cm³/mol. The summed E-state index contributed by atoms with van der Waals surface area (Å²) in [5.41, 5.74) is -3.77. The molecule has 2 atom stereocenters. The fourth-order valence-corrected chi connectivity index (χ4v) is 6.04. The van der Waals surface area contributed by atoms with Crippen molar-refractivity contribution < 1.29 is 31.1 Å². The Labute approximate surface area is 195 Å². The largest absolute Gasteiger partial charge is 0.416 e. The molecular formula is C27H28F6O. The first kappa shape index (κ1) is 24.8. The van der Waals surface area contributed by atoms with E-state index in [9.17, 15) is 31.1 Å². The molecule has 0 saturated heterocycles. The van der Waals surface area contributed by atoms with Gasteiger partial charge in [-0.2, -0.15) is 26.3 Å². The highest BCUT2D eigenvalue weighted by molar-refractivity contribution is 5.95. The number of hydrogen-bond acceptors (Lipinski definition) is 1. The van der Waals surface area contributed by atoms with Gasteiger partial charge in [0.25, 0.3) is 0 Å². The molecule has 2 aliphatic carbocycles. The number of carbonyl (C=O) groups excluding carboxylic acids is 1. The van der Waals surface area contributed by atoms with E-state index in [1.54, 1.807) is 0 Å². The molecular weight excluding hydrogens is 454 g/mol. The number of hydrogen-bond donors (Lipinski definition) is 0. The van der Waals surface area contributed by atoms with Crippen molar-refractivity contribution >= 4 is 5.78 Å². The van der Waals surface area contributed by atoms with E-state index in [0.29, 0.717) is 12.3 Å². The standard InChI is InChI=1S/C27H28F6O/c1-17-8-12-25(13-9-17,18-6-4-3-5-7-18)22-10-11-24(2,23(22)34)19-14-20(26(28,29)30)16-21(15-19)27(31,32)33/h3-7,14-17,22H,8-13H2,1-2H3. The summed E-state index contributed by atoms with van der Waals surface area (Å²) in [5, 5.41) is 0. The van der Waals surface area contributed by atoms with Crippen LogP contribution in [0.1, 0.15) is 74.6 Å². The van der Waals surface area contributed by atoms with Crippen LogP contribution in [0.4, 0.5) is 26.3 Å². The van der Waals surface area contributed by atoms with Gasteiger partial charge >= 0.3 is 12.4 Å². The maximum absolute atomic E-state index is 13.9. The van der Waals surface area contributed by atoms with Crippen LogP contribution in [0.5, 0.6) is 0 Å². The van der Waals surface area contributed by atoms with Crippen LogP contribution in [0.3, 0.4) is 0 Å². The van der Waals surface area contributed by atoms with E-state index in [0.717, 1.165) is 43.4 Å². The lowest BCUT2D eigenvalue weighted by molar-refractivity contribution is -0.143. The fourth-order valence-electron chi connectivity index (χ4n) is 6.04. The Morgan fingerprint density at radius 2 is 1.29 bits per heavy atom. The van der Waals surface area contributed by atoms with Gasteiger partial charge in [-0.3, -0.25) is 4.79 Å². The van der Waals surface area contributed by atoms with Crippen molar-refractivity contribution in [3.8, 4) is 0 Å². The molecule has 0 spiro atoms. The maximum Gasteiger partial charge on any atom is 0.416 e. The molecule has 184 valence electrons. The third-order valence-electron chi connectivity index (χ3n) is 8.20. The molecule has 2 aromatic carbocycles. The molecule has 7 heteroatoms. The van der Waals surface area contributed by atoms with Gasteiger partial charge in [-0.15, -0.1) is 0 Å². The van der Waals surface area contributed by atoms with E-state index >= 15 is 0 Å². The van der Waals surface area contributed by atoms with Crippen molar-refractivity contribution in [3.05, 3.63) is 70.8 Å². The minimum absolute atomic E-state index is 0.123. The van der Waals surface area contributed by atoms with Crippen molar-refractivity contribution in [2.45, 2.75) is 75.6 Å². The first-order valence-corrected chi connectivity index (χ1v) is 11.7. The van der Waals surface area contributed by atoms with Gasteiger partial charge in [-0.05, 0) is 80.7 Å². The van der Waals surface area contributed by atoms with Crippen LogP contribution in [0.15, 0.2) is 48.5 Å². The zero-order valence-electron chi connectivity index (χ0n) is 19.2. The number of halogens is 6. The summed E-state index contributed by atoms with van der Waals surface area (Å²) in [4.78, 5) is 13.9. The average molecular weight is 483 g/mol. The van der Waals surface area contributed by atoms with Gasteiger partial charge in [0.2, 0.25) is 0 Å². The highest BCUT2D eigenvalue weighted by Gasteiger charge is 2.55. The molecule has 2 saturated carbocycles. The summed E-state index contributed by atoms with van der Waals surface area (Å²) in [6.07, 6.45) is -5.82. The second kappa shape index (κ2) is 8.42. The zero-order chi connectivity index (χ0) is 24.9. The fraction of sp³-hybridized carbons (Fsp3) is 0.519. The van der Waals surface area contributed by atoms with Crippen molar-refractivity contribution in [2.75, 3.05) is 0 Å². The summed E-state index contributed by atoms with van der Waals surface area (Å²) >= 11 is 0. The molecule has 0 radical (unpaired) electrons. The Balaban J connectivity index is 1.79. The molecule has 0 N–H and O–H groups in total. The second-order valence-electron chi connectivity index (χ2n) is 10.3. The minimum atomic E-state index is -4.95. The molecule has 0 bridgehead atoms. The Morgan fingerprint density at radius 3 is 1.79 bits per heavy atom. The number of Topliss-reactive ketones (excluding diaryl/α,β-unsaturated/α-hetero) is 1. The second-order valence-corrected chi connectivity index (χ2v) is 10.3. The van der Waals surface area contributed by atoms with Gasteiger partial charge < -0.3 is 0 Å². The summed E-state index contributed by atoms with van der Waals surface area (Å²) in [6.45, 7) is 3.67. The Hall–Kier alpha value is -2.31. The van der Waals surface area contributed by atoms with Crippen LogP contribution in [-0.4, -0.2) is 5.78 Å². The first-order chi connectivity index (χ1) is 15.8. The smallest absolute Gasteiger partial charge is 0.298 e. The predicted octanol–water partition coefficient (Wildman–Crippen LogP) is 8.11.